The van der Waals surface area contributed by atoms with Crippen LogP contribution in [0.5, 0.6) is 5.88 Å². The molecule has 4 nitrogen and oxygen atoms in total. The first-order chi connectivity index (χ1) is 10.5. The molecular formula is C17H17ClN2O2. The van der Waals surface area contributed by atoms with Gasteiger partial charge in [-0.15, -0.1) is 0 Å². The molecule has 1 unspecified atom stereocenters. The monoisotopic (exact) mass is 316 g/mol. The third-order valence-corrected chi connectivity index (χ3v) is 3.79. The minimum Gasteiger partial charge on any atom is -0.464 e. The number of aromatic nitrogens is 1. The van der Waals surface area contributed by atoms with E-state index in [9.17, 15) is 4.79 Å². The molecular weight excluding hydrogens is 300 g/mol. The number of hydrogen-bond donors (Lipinski definition) is 1. The van der Waals surface area contributed by atoms with E-state index in [0.29, 0.717) is 17.3 Å². The highest BCUT2D eigenvalue weighted by Crippen LogP contribution is 2.35. The average Bonchev–Trinajstić information content (AvgIpc) is 2.91. The summed E-state index contributed by atoms with van der Waals surface area (Å²) in [4.78, 5) is 16.4. The molecule has 22 heavy (non-hydrogen) atoms. The van der Waals surface area contributed by atoms with E-state index >= 15 is 0 Å². The molecule has 0 radical (unpaired) electrons. The Kier molecular flexibility index (Phi) is 4.03. The number of amides is 1. The zero-order valence-corrected chi connectivity index (χ0v) is 13.2. The van der Waals surface area contributed by atoms with Crippen molar-refractivity contribution < 1.29 is 9.53 Å². The summed E-state index contributed by atoms with van der Waals surface area (Å²) >= 11 is 5.94. The van der Waals surface area contributed by atoms with E-state index in [-0.39, 0.29) is 11.9 Å². The van der Waals surface area contributed by atoms with Gasteiger partial charge in [-0.3, -0.25) is 4.79 Å². The van der Waals surface area contributed by atoms with Gasteiger partial charge in [-0.1, -0.05) is 23.7 Å². The normalized spacial score (nSPS) is 16.3. The smallest absolute Gasteiger partial charge is 0.261 e. The molecule has 5 heteroatoms. The van der Waals surface area contributed by atoms with Crippen LogP contribution in [-0.4, -0.2) is 23.0 Å². The summed E-state index contributed by atoms with van der Waals surface area (Å²) in [5.74, 6) is 0.436. The second-order valence-corrected chi connectivity index (χ2v) is 6.06. The van der Waals surface area contributed by atoms with Crippen molar-refractivity contribution in [3.8, 4) is 17.0 Å². The number of fused-ring (bicyclic) bond motifs is 1. The predicted molar refractivity (Wildman–Crippen MR) is 86.1 cm³/mol. The van der Waals surface area contributed by atoms with Gasteiger partial charge in [0.05, 0.1) is 0 Å². The molecule has 1 atom stereocenters. The Balaban J connectivity index is 1.89. The molecule has 1 amide bonds. The van der Waals surface area contributed by atoms with Gasteiger partial charge in [0.1, 0.15) is 0 Å². The number of nitrogens with zero attached hydrogens (tertiary/aromatic N) is 1. The second-order valence-electron chi connectivity index (χ2n) is 5.62. The minimum absolute atomic E-state index is 0.0866. The van der Waals surface area contributed by atoms with E-state index in [2.05, 4.69) is 10.3 Å². The van der Waals surface area contributed by atoms with Crippen LogP contribution in [0, 0.1) is 0 Å². The zero-order valence-electron chi connectivity index (χ0n) is 12.5. The molecule has 0 saturated carbocycles. The van der Waals surface area contributed by atoms with Crippen molar-refractivity contribution in [1.82, 2.24) is 10.3 Å². The Labute approximate surface area is 134 Å². The highest BCUT2D eigenvalue weighted by atomic mass is 35.5. The maximum atomic E-state index is 12.1. The quantitative estimate of drug-likeness (QED) is 0.946. The summed E-state index contributed by atoms with van der Waals surface area (Å²) in [6.07, 6.45) is 1.71. The highest BCUT2D eigenvalue weighted by Gasteiger charge is 2.32. The van der Waals surface area contributed by atoms with Gasteiger partial charge < -0.3 is 10.1 Å². The highest BCUT2D eigenvalue weighted by molar-refractivity contribution is 6.30. The van der Waals surface area contributed by atoms with Crippen LogP contribution in [0.4, 0.5) is 0 Å². The Morgan fingerprint density at radius 3 is 2.73 bits per heavy atom. The van der Waals surface area contributed by atoms with Crippen molar-refractivity contribution in [2.24, 2.45) is 0 Å². The maximum Gasteiger partial charge on any atom is 0.261 e. The molecule has 0 saturated heterocycles. The lowest BCUT2D eigenvalue weighted by Crippen LogP contribution is -2.40. The molecule has 1 N–H and O–H groups in total. The summed E-state index contributed by atoms with van der Waals surface area (Å²) in [5.41, 5.74) is 3.03. The van der Waals surface area contributed by atoms with Gasteiger partial charge in [-0.2, -0.15) is 0 Å². The molecule has 0 fully saturated rings. The molecule has 1 aliphatic rings. The van der Waals surface area contributed by atoms with Crippen LogP contribution in [0.3, 0.4) is 0 Å². The van der Waals surface area contributed by atoms with Crippen LogP contribution in [-0.2, 0) is 11.2 Å². The Morgan fingerprint density at radius 1 is 1.32 bits per heavy atom. The van der Waals surface area contributed by atoms with Crippen LogP contribution in [0.15, 0.2) is 36.5 Å². The van der Waals surface area contributed by atoms with E-state index in [1.807, 2.05) is 44.2 Å². The molecule has 3 rings (SSSR count). The number of pyridine rings is 1. The van der Waals surface area contributed by atoms with Crippen molar-refractivity contribution in [3.63, 3.8) is 0 Å². The molecule has 1 aromatic carbocycles. The molecule has 0 aliphatic carbocycles. The summed E-state index contributed by atoms with van der Waals surface area (Å²) in [6, 6.07) is 9.64. The van der Waals surface area contributed by atoms with Crippen molar-refractivity contribution in [2.45, 2.75) is 32.4 Å². The Bertz CT molecular complexity index is 698. The van der Waals surface area contributed by atoms with Crippen molar-refractivity contribution in [1.29, 1.82) is 0 Å². The van der Waals surface area contributed by atoms with Crippen molar-refractivity contribution in [2.75, 3.05) is 0 Å². The van der Waals surface area contributed by atoms with Crippen LogP contribution in [0.25, 0.3) is 11.1 Å². The van der Waals surface area contributed by atoms with Crippen molar-refractivity contribution >= 4 is 17.5 Å². The van der Waals surface area contributed by atoms with Gasteiger partial charge in [0.15, 0.2) is 6.10 Å². The average molecular weight is 317 g/mol. The van der Waals surface area contributed by atoms with Gasteiger partial charge in [0.25, 0.3) is 5.91 Å². The number of benzene rings is 1. The molecule has 1 aromatic heterocycles. The molecule has 0 bridgehead atoms. The van der Waals surface area contributed by atoms with E-state index in [1.165, 1.54) is 0 Å². The number of hydrogen-bond acceptors (Lipinski definition) is 3. The molecule has 114 valence electrons. The third kappa shape index (κ3) is 2.92. The van der Waals surface area contributed by atoms with Crippen LogP contribution >= 0.6 is 11.6 Å². The summed E-state index contributed by atoms with van der Waals surface area (Å²) in [5, 5.41) is 3.57. The standard InChI is InChI=1S/C17H17ClN2O2/c1-10(2)20-16(21)15-9-14-13(7-8-19-17(14)22-15)11-3-5-12(18)6-4-11/h3-8,10,15H,9H2,1-2H3,(H,20,21). The Morgan fingerprint density at radius 2 is 2.05 bits per heavy atom. The van der Waals surface area contributed by atoms with E-state index in [1.54, 1.807) is 6.20 Å². The van der Waals surface area contributed by atoms with Gasteiger partial charge in [-0.05, 0) is 43.2 Å². The Hall–Kier alpha value is -2.07. The third-order valence-electron chi connectivity index (χ3n) is 3.54. The number of ether oxygens (including phenoxy) is 1. The first-order valence-electron chi connectivity index (χ1n) is 7.25. The lowest BCUT2D eigenvalue weighted by Gasteiger charge is -2.12. The maximum absolute atomic E-state index is 12.1. The lowest BCUT2D eigenvalue weighted by atomic mass is 9.98. The fourth-order valence-corrected chi connectivity index (χ4v) is 2.68. The van der Waals surface area contributed by atoms with Gasteiger partial charge in [0, 0.05) is 29.2 Å². The van der Waals surface area contributed by atoms with Crippen LogP contribution in [0.1, 0.15) is 19.4 Å². The summed E-state index contributed by atoms with van der Waals surface area (Å²) in [6.45, 7) is 3.86. The number of carbonyl (C=O) groups excluding carboxylic acids is 1. The number of halogens is 1. The number of rotatable bonds is 3. The number of carbonyl (C=O) groups is 1. The first kappa shape index (κ1) is 14.9. The fourth-order valence-electron chi connectivity index (χ4n) is 2.56. The van der Waals surface area contributed by atoms with Gasteiger partial charge in [-0.25, -0.2) is 4.98 Å². The first-order valence-corrected chi connectivity index (χ1v) is 7.63. The van der Waals surface area contributed by atoms with E-state index in [0.717, 1.165) is 16.7 Å². The largest absolute Gasteiger partial charge is 0.464 e. The van der Waals surface area contributed by atoms with Crippen LogP contribution < -0.4 is 10.1 Å². The molecule has 2 aromatic rings. The van der Waals surface area contributed by atoms with Gasteiger partial charge >= 0.3 is 0 Å². The van der Waals surface area contributed by atoms with Crippen LogP contribution in [0.2, 0.25) is 5.02 Å². The molecule has 2 heterocycles. The van der Waals surface area contributed by atoms with E-state index in [4.69, 9.17) is 16.3 Å². The molecule has 1 aliphatic heterocycles. The lowest BCUT2D eigenvalue weighted by molar-refractivity contribution is -0.127. The fraction of sp³-hybridized carbons (Fsp3) is 0.294. The summed E-state index contributed by atoms with van der Waals surface area (Å²) in [7, 11) is 0. The zero-order chi connectivity index (χ0) is 15.7. The van der Waals surface area contributed by atoms with Gasteiger partial charge in [0.2, 0.25) is 5.88 Å². The number of nitrogens with one attached hydrogen (secondary N) is 1. The SMILES string of the molecule is CC(C)NC(=O)C1Cc2c(-c3ccc(Cl)cc3)ccnc2O1. The van der Waals surface area contributed by atoms with E-state index < -0.39 is 6.10 Å². The minimum atomic E-state index is -0.515. The topological polar surface area (TPSA) is 51.2 Å². The predicted octanol–water partition coefficient (Wildman–Crippen LogP) is 3.23. The molecule has 0 spiro atoms. The summed E-state index contributed by atoms with van der Waals surface area (Å²) < 4.78 is 5.71. The second kappa shape index (κ2) is 5.97. The van der Waals surface area contributed by atoms with Crippen molar-refractivity contribution in [3.05, 3.63) is 47.1 Å².